The fraction of sp³-hybridized carbons (Fsp3) is 0.333. The lowest BCUT2D eigenvalue weighted by Crippen LogP contribution is -2.41. The lowest BCUT2D eigenvalue weighted by Gasteiger charge is -2.20. The van der Waals surface area contributed by atoms with Gasteiger partial charge in [0.15, 0.2) is 5.17 Å². The van der Waals surface area contributed by atoms with Crippen molar-refractivity contribution in [3.8, 4) is 5.69 Å². The molecule has 0 bridgehead atoms. The Balaban J connectivity index is 2.21. The van der Waals surface area contributed by atoms with Crippen LogP contribution in [0.1, 0.15) is 19.5 Å². The van der Waals surface area contributed by atoms with Crippen molar-refractivity contribution in [1.29, 1.82) is 0 Å². The van der Waals surface area contributed by atoms with Crippen LogP contribution in [-0.4, -0.2) is 36.9 Å². The van der Waals surface area contributed by atoms with Gasteiger partial charge in [-0.25, -0.2) is 18.7 Å². The molecular formula is C18H15ClF4N4O3S. The molecule has 3 rings (SSSR count). The zero-order valence-electron chi connectivity index (χ0n) is 16.3. The Hall–Kier alpha value is -2.60. The van der Waals surface area contributed by atoms with Gasteiger partial charge < -0.3 is 0 Å². The van der Waals surface area contributed by atoms with E-state index in [2.05, 4.69) is 4.99 Å². The van der Waals surface area contributed by atoms with E-state index in [0.29, 0.717) is 0 Å². The molecule has 1 aliphatic heterocycles. The van der Waals surface area contributed by atoms with Crippen molar-refractivity contribution in [2.75, 3.05) is 5.75 Å². The van der Waals surface area contributed by atoms with E-state index in [-0.39, 0.29) is 48.8 Å². The first-order valence-corrected chi connectivity index (χ1v) is 10.1. The fourth-order valence-electron chi connectivity index (χ4n) is 2.97. The molecule has 166 valence electrons. The molecule has 1 amide bonds. The van der Waals surface area contributed by atoms with E-state index in [4.69, 9.17) is 11.6 Å². The minimum Gasteiger partial charge on any atom is -0.292 e. The average molecular weight is 479 g/mol. The summed E-state index contributed by atoms with van der Waals surface area (Å²) in [6, 6.07) is 1.75. The summed E-state index contributed by atoms with van der Waals surface area (Å²) in [6.45, 7) is 3.53. The number of hydrogen-bond acceptors (Lipinski definition) is 5. The molecule has 31 heavy (non-hydrogen) atoms. The zero-order valence-corrected chi connectivity index (χ0v) is 17.9. The van der Waals surface area contributed by atoms with Crippen molar-refractivity contribution >= 4 is 40.1 Å². The number of alkyl halides is 3. The molecule has 0 aliphatic carbocycles. The van der Waals surface area contributed by atoms with Gasteiger partial charge in [0.05, 0.1) is 22.2 Å². The van der Waals surface area contributed by atoms with Gasteiger partial charge in [-0.15, -0.1) is 0 Å². The number of aromatic nitrogens is 2. The predicted molar refractivity (Wildman–Crippen MR) is 109 cm³/mol. The van der Waals surface area contributed by atoms with E-state index < -0.39 is 34.6 Å². The van der Waals surface area contributed by atoms with E-state index in [9.17, 15) is 31.9 Å². The van der Waals surface area contributed by atoms with Crippen LogP contribution in [0.25, 0.3) is 5.69 Å². The number of carbonyl (C=O) groups is 1. The van der Waals surface area contributed by atoms with Crippen molar-refractivity contribution in [3.63, 3.8) is 0 Å². The Labute approximate surface area is 181 Å². The third-order valence-corrected chi connectivity index (χ3v) is 5.64. The minimum atomic E-state index is -4.95. The molecule has 1 saturated heterocycles. The average Bonchev–Trinajstić information content (AvgIpc) is 3.01. The number of halogens is 5. The quantitative estimate of drug-likeness (QED) is 0.634. The number of thioether (sulfide) groups is 1. The summed E-state index contributed by atoms with van der Waals surface area (Å²) in [6.07, 6.45) is -4.95. The molecule has 0 spiro atoms. The summed E-state index contributed by atoms with van der Waals surface area (Å²) in [4.78, 5) is 42.5. The summed E-state index contributed by atoms with van der Waals surface area (Å²) in [5.41, 5.74) is -4.91. The summed E-state index contributed by atoms with van der Waals surface area (Å²) < 4.78 is 54.2. The Bertz CT molecular complexity index is 1220. The number of aliphatic imine (C=N–C) groups is 1. The monoisotopic (exact) mass is 478 g/mol. The maximum atomic E-state index is 14.6. The highest BCUT2D eigenvalue weighted by Gasteiger charge is 2.35. The van der Waals surface area contributed by atoms with Gasteiger partial charge in [-0.05, 0) is 26.0 Å². The minimum absolute atomic E-state index is 0.0604. The van der Waals surface area contributed by atoms with E-state index in [1.807, 2.05) is 0 Å². The van der Waals surface area contributed by atoms with Crippen LogP contribution in [0.4, 0.5) is 23.2 Å². The highest BCUT2D eigenvalue weighted by Crippen LogP contribution is 2.33. The SMILES string of the molecule is CC(C)N1C(=O)CS/C1=N\c1cc(-n2c(=O)cc(C(F)(F)F)n(C)c2=O)c(F)cc1Cl. The molecule has 2 aromatic rings. The van der Waals surface area contributed by atoms with Crippen LogP contribution in [0.5, 0.6) is 0 Å². The smallest absolute Gasteiger partial charge is 0.292 e. The van der Waals surface area contributed by atoms with Crippen molar-refractivity contribution in [3.05, 3.63) is 55.6 Å². The summed E-state index contributed by atoms with van der Waals surface area (Å²) >= 11 is 7.17. The normalized spacial score (nSPS) is 16.1. The fourth-order valence-corrected chi connectivity index (χ4v) is 4.17. The van der Waals surface area contributed by atoms with Crippen LogP contribution in [0.15, 0.2) is 32.8 Å². The predicted octanol–water partition coefficient (Wildman–Crippen LogP) is 3.32. The van der Waals surface area contributed by atoms with Gasteiger partial charge in [-0.3, -0.25) is 19.1 Å². The van der Waals surface area contributed by atoms with Crippen molar-refractivity contribution in [2.45, 2.75) is 26.1 Å². The molecule has 1 aromatic heterocycles. The molecule has 0 saturated carbocycles. The third-order valence-electron chi connectivity index (χ3n) is 4.40. The Morgan fingerprint density at radius 3 is 2.39 bits per heavy atom. The molecule has 1 fully saturated rings. The molecule has 2 heterocycles. The first-order chi connectivity index (χ1) is 14.3. The Morgan fingerprint density at radius 2 is 1.81 bits per heavy atom. The maximum Gasteiger partial charge on any atom is 0.431 e. The molecule has 0 N–H and O–H groups in total. The van der Waals surface area contributed by atoms with Gasteiger partial charge in [0, 0.05) is 19.2 Å². The van der Waals surface area contributed by atoms with Crippen LogP contribution >= 0.6 is 23.4 Å². The Morgan fingerprint density at radius 1 is 1.16 bits per heavy atom. The number of amides is 1. The lowest BCUT2D eigenvalue weighted by molar-refractivity contribution is -0.144. The maximum absolute atomic E-state index is 14.6. The van der Waals surface area contributed by atoms with E-state index in [1.54, 1.807) is 13.8 Å². The van der Waals surface area contributed by atoms with Gasteiger partial charge in [0.25, 0.3) is 5.56 Å². The van der Waals surface area contributed by atoms with Crippen LogP contribution in [0.3, 0.4) is 0 Å². The van der Waals surface area contributed by atoms with Crippen molar-refractivity contribution in [2.24, 2.45) is 12.0 Å². The van der Waals surface area contributed by atoms with Gasteiger partial charge in [0.2, 0.25) is 5.91 Å². The first-order valence-electron chi connectivity index (χ1n) is 8.76. The number of nitrogens with zero attached hydrogens (tertiary/aromatic N) is 4. The van der Waals surface area contributed by atoms with Gasteiger partial charge >= 0.3 is 11.9 Å². The number of amidine groups is 1. The van der Waals surface area contributed by atoms with Crippen molar-refractivity contribution in [1.82, 2.24) is 14.0 Å². The molecule has 1 aromatic carbocycles. The topological polar surface area (TPSA) is 76.7 Å². The van der Waals surface area contributed by atoms with Crippen LogP contribution in [0.2, 0.25) is 5.02 Å². The summed E-state index contributed by atoms with van der Waals surface area (Å²) in [5, 5.41) is 0.112. The first kappa shape index (κ1) is 23.1. The van der Waals surface area contributed by atoms with E-state index in [0.717, 1.165) is 30.9 Å². The van der Waals surface area contributed by atoms with Crippen LogP contribution in [-0.2, 0) is 18.0 Å². The van der Waals surface area contributed by atoms with Crippen molar-refractivity contribution < 1.29 is 22.4 Å². The highest BCUT2D eigenvalue weighted by atomic mass is 35.5. The summed E-state index contributed by atoms with van der Waals surface area (Å²) in [7, 11) is 0.817. The molecular weight excluding hydrogens is 464 g/mol. The van der Waals surface area contributed by atoms with Crippen LogP contribution < -0.4 is 11.2 Å². The molecule has 0 radical (unpaired) electrons. The second-order valence-electron chi connectivity index (χ2n) is 6.84. The van der Waals surface area contributed by atoms with Crippen LogP contribution in [0, 0.1) is 5.82 Å². The molecule has 13 heteroatoms. The molecule has 1 aliphatic rings. The third kappa shape index (κ3) is 4.26. The summed E-state index contributed by atoms with van der Waals surface area (Å²) in [5.74, 6) is -1.16. The lowest BCUT2D eigenvalue weighted by atomic mass is 10.2. The highest BCUT2D eigenvalue weighted by molar-refractivity contribution is 8.15. The number of benzene rings is 1. The Kier molecular flexibility index (Phi) is 6.07. The second-order valence-corrected chi connectivity index (χ2v) is 8.19. The number of carbonyl (C=O) groups excluding carboxylic acids is 1. The second kappa shape index (κ2) is 8.15. The number of rotatable bonds is 3. The largest absolute Gasteiger partial charge is 0.431 e. The standard InChI is InChI=1S/C18H15ClF4N4O3S/c1-8(2)26-15(29)7-31-16(26)24-11-5-12(10(20)4-9(11)19)27-14(28)6-13(18(21,22)23)25(3)17(27)30/h4-6,8H,7H2,1-3H3/b24-16-. The van der Waals surface area contributed by atoms with E-state index >= 15 is 0 Å². The molecule has 0 atom stereocenters. The number of hydrogen-bond donors (Lipinski definition) is 0. The van der Waals surface area contributed by atoms with Gasteiger partial charge in [0.1, 0.15) is 11.5 Å². The van der Waals surface area contributed by atoms with Gasteiger partial charge in [-0.2, -0.15) is 13.2 Å². The molecule has 7 nitrogen and oxygen atoms in total. The van der Waals surface area contributed by atoms with E-state index in [1.165, 1.54) is 4.90 Å². The zero-order chi connectivity index (χ0) is 23.2. The van der Waals surface area contributed by atoms with Gasteiger partial charge in [-0.1, -0.05) is 23.4 Å². The molecule has 0 unspecified atom stereocenters.